The normalized spacial score (nSPS) is 43.2. The van der Waals surface area contributed by atoms with Crippen LogP contribution in [0, 0.1) is 22.7 Å². The van der Waals surface area contributed by atoms with Gasteiger partial charge < -0.3 is 10.4 Å². The van der Waals surface area contributed by atoms with Crippen LogP contribution in [0.4, 0.5) is 5.69 Å². The number of carbonyl (C=O) groups excluding carboxylic acids is 1. The van der Waals surface area contributed by atoms with Crippen molar-refractivity contribution in [3.05, 3.63) is 41.5 Å². The van der Waals surface area contributed by atoms with Crippen molar-refractivity contribution in [2.75, 3.05) is 5.32 Å². The van der Waals surface area contributed by atoms with Gasteiger partial charge in [-0.25, -0.2) is 0 Å². The summed E-state index contributed by atoms with van der Waals surface area (Å²) in [6, 6.07) is 8.63. The zero-order valence-corrected chi connectivity index (χ0v) is 19.7. The van der Waals surface area contributed by atoms with Gasteiger partial charge in [-0.15, -0.1) is 0 Å². The van der Waals surface area contributed by atoms with Crippen LogP contribution in [0.5, 0.6) is 0 Å². The van der Waals surface area contributed by atoms with E-state index in [2.05, 4.69) is 63.4 Å². The lowest BCUT2D eigenvalue weighted by molar-refractivity contribution is -0.222. The van der Waals surface area contributed by atoms with Gasteiger partial charge in [-0.2, -0.15) is 0 Å². The number of hydrogen-bond donors (Lipinski definition) is 2. The Labute approximate surface area is 187 Å². The number of fused-ring (bicyclic) bond motifs is 4. The maximum atomic E-state index is 13.4. The maximum absolute atomic E-state index is 13.4. The van der Waals surface area contributed by atoms with E-state index in [4.69, 9.17) is 0 Å². The van der Waals surface area contributed by atoms with E-state index < -0.39 is 0 Å². The van der Waals surface area contributed by atoms with Crippen LogP contribution in [0.1, 0.15) is 84.6 Å². The summed E-state index contributed by atoms with van der Waals surface area (Å²) in [5, 5.41) is 15.4. The molecule has 1 aromatic carbocycles. The molecule has 3 fully saturated rings. The zero-order chi connectivity index (χ0) is 22.0. The van der Waals surface area contributed by atoms with E-state index in [9.17, 15) is 9.90 Å². The van der Waals surface area contributed by atoms with Crippen LogP contribution in [-0.4, -0.2) is 23.0 Å². The number of rotatable bonds is 3. The smallest absolute Gasteiger partial charge is 0.155 e. The number of allylic oxidation sites excluding steroid dienone is 2. The molecule has 7 atom stereocenters. The molecule has 4 aliphatic rings. The molecule has 1 aliphatic heterocycles. The van der Waals surface area contributed by atoms with Gasteiger partial charge in [-0.3, -0.25) is 4.79 Å². The van der Waals surface area contributed by atoms with E-state index in [1.54, 1.807) is 0 Å². The van der Waals surface area contributed by atoms with Crippen molar-refractivity contribution in [2.24, 2.45) is 22.7 Å². The number of para-hydroxylation sites is 1. The van der Waals surface area contributed by atoms with Gasteiger partial charge in [-0.1, -0.05) is 43.7 Å². The second kappa shape index (κ2) is 7.20. The average molecular weight is 422 g/mol. The Bertz CT molecular complexity index is 917. The highest BCUT2D eigenvalue weighted by atomic mass is 16.3. The van der Waals surface area contributed by atoms with Gasteiger partial charge in [0.05, 0.1) is 12.1 Å². The number of anilines is 1. The molecule has 3 saturated carbocycles. The molecule has 3 heteroatoms. The predicted molar refractivity (Wildman–Crippen MR) is 126 cm³/mol. The summed E-state index contributed by atoms with van der Waals surface area (Å²) in [6.07, 6.45) is 9.75. The molecular formula is C28H39NO2. The molecule has 5 rings (SSSR count). The van der Waals surface area contributed by atoms with Crippen molar-refractivity contribution in [1.29, 1.82) is 0 Å². The van der Waals surface area contributed by atoms with Gasteiger partial charge in [-0.05, 0) is 87.7 Å². The van der Waals surface area contributed by atoms with E-state index in [0.717, 1.165) is 50.6 Å². The monoisotopic (exact) mass is 421 g/mol. The minimum atomic E-state index is -0.326. The molecule has 1 aromatic rings. The maximum Gasteiger partial charge on any atom is 0.155 e. The van der Waals surface area contributed by atoms with Crippen LogP contribution >= 0.6 is 0 Å². The van der Waals surface area contributed by atoms with Crippen LogP contribution < -0.4 is 5.32 Å². The number of Topliss-reactive ketones (excluding diaryl/α,β-unsaturated/α-hetero) is 1. The average Bonchev–Trinajstić information content (AvgIpc) is 2.74. The van der Waals surface area contributed by atoms with Crippen molar-refractivity contribution in [3.63, 3.8) is 0 Å². The molecular weight excluding hydrogens is 382 g/mol. The third kappa shape index (κ3) is 2.78. The molecule has 2 bridgehead atoms. The molecule has 0 unspecified atom stereocenters. The molecule has 1 spiro atoms. The first-order chi connectivity index (χ1) is 14.7. The SMILES string of the molecule is CC(C)=CCC[C@]12[C@@H]3CC(=O)[C@@H]4C[C@]3(CC[C@@]1(C)[C@H](C)CC[C@@H]2O)c1ccccc1N4. The summed E-state index contributed by atoms with van der Waals surface area (Å²) >= 11 is 0. The third-order valence-corrected chi connectivity index (χ3v) is 10.3. The van der Waals surface area contributed by atoms with Gasteiger partial charge in [0, 0.05) is 22.9 Å². The number of benzene rings is 1. The quantitative estimate of drug-likeness (QED) is 0.587. The minimum absolute atomic E-state index is 0.00292. The van der Waals surface area contributed by atoms with Crippen molar-refractivity contribution >= 4 is 11.5 Å². The number of carbonyl (C=O) groups is 1. The van der Waals surface area contributed by atoms with Crippen LogP contribution in [-0.2, 0) is 10.2 Å². The first kappa shape index (κ1) is 21.2. The molecule has 168 valence electrons. The highest BCUT2D eigenvalue weighted by Crippen LogP contribution is 2.72. The highest BCUT2D eigenvalue weighted by molar-refractivity contribution is 5.90. The fraction of sp³-hybridized carbons (Fsp3) is 0.679. The Hall–Kier alpha value is -1.61. The van der Waals surface area contributed by atoms with Gasteiger partial charge in [0.15, 0.2) is 5.78 Å². The third-order valence-electron chi connectivity index (χ3n) is 10.3. The fourth-order valence-electron chi connectivity index (χ4n) is 8.55. The lowest BCUT2D eigenvalue weighted by Crippen LogP contribution is -2.70. The Kier molecular flexibility index (Phi) is 4.93. The second-order valence-corrected chi connectivity index (χ2v) is 11.6. The number of aliphatic hydroxyl groups excluding tert-OH is 1. The van der Waals surface area contributed by atoms with E-state index >= 15 is 0 Å². The number of ketones is 1. The standard InChI is InChI=1S/C28H39NO2/c1-18(2)8-7-13-28-24-16-23(30)22-17-27(24,20-9-5-6-10-21(20)29-22)15-14-26(28,4)19(3)11-12-25(28)31/h5-6,8-10,19,22,24-25,29,31H,7,11-17H2,1-4H3/t19-,22+,24-,25+,26+,27-,28-/m1/s1. The fourth-order valence-corrected chi connectivity index (χ4v) is 8.55. The summed E-state index contributed by atoms with van der Waals surface area (Å²) in [5.41, 5.74) is 3.76. The van der Waals surface area contributed by atoms with Gasteiger partial charge in [0.2, 0.25) is 0 Å². The van der Waals surface area contributed by atoms with Gasteiger partial charge >= 0.3 is 0 Å². The summed E-state index contributed by atoms with van der Waals surface area (Å²) < 4.78 is 0. The highest BCUT2D eigenvalue weighted by Gasteiger charge is 2.70. The van der Waals surface area contributed by atoms with Crippen molar-refractivity contribution in [1.82, 2.24) is 0 Å². The molecule has 2 N–H and O–H groups in total. The first-order valence-electron chi connectivity index (χ1n) is 12.4. The first-order valence-corrected chi connectivity index (χ1v) is 12.4. The summed E-state index contributed by atoms with van der Waals surface area (Å²) in [6.45, 7) is 9.19. The number of aliphatic hydroxyl groups is 1. The topological polar surface area (TPSA) is 49.3 Å². The Morgan fingerprint density at radius 3 is 2.77 bits per heavy atom. The van der Waals surface area contributed by atoms with E-state index in [1.807, 2.05) is 0 Å². The molecule has 3 nitrogen and oxygen atoms in total. The van der Waals surface area contributed by atoms with E-state index in [-0.39, 0.29) is 34.3 Å². The molecule has 3 aliphatic carbocycles. The predicted octanol–water partition coefficient (Wildman–Crippen LogP) is 6.02. The molecule has 1 heterocycles. The summed E-state index contributed by atoms with van der Waals surface area (Å²) in [5.74, 6) is 1.14. The Morgan fingerprint density at radius 1 is 1.23 bits per heavy atom. The van der Waals surface area contributed by atoms with Crippen LogP contribution in [0.3, 0.4) is 0 Å². The summed E-state index contributed by atoms with van der Waals surface area (Å²) in [4.78, 5) is 13.4. The number of nitrogens with one attached hydrogen (secondary N) is 1. The summed E-state index contributed by atoms with van der Waals surface area (Å²) in [7, 11) is 0. The van der Waals surface area contributed by atoms with Gasteiger partial charge in [0.1, 0.15) is 0 Å². The van der Waals surface area contributed by atoms with Crippen LogP contribution in [0.2, 0.25) is 0 Å². The molecule has 0 amide bonds. The van der Waals surface area contributed by atoms with Crippen molar-refractivity contribution < 1.29 is 9.90 Å². The second-order valence-electron chi connectivity index (χ2n) is 11.6. The zero-order valence-electron chi connectivity index (χ0n) is 19.7. The minimum Gasteiger partial charge on any atom is -0.393 e. The Morgan fingerprint density at radius 2 is 2.00 bits per heavy atom. The largest absolute Gasteiger partial charge is 0.393 e. The van der Waals surface area contributed by atoms with E-state index in [0.29, 0.717) is 18.1 Å². The van der Waals surface area contributed by atoms with Crippen molar-refractivity contribution in [2.45, 2.75) is 96.6 Å². The molecule has 0 radical (unpaired) electrons. The number of hydrogen-bond acceptors (Lipinski definition) is 3. The van der Waals surface area contributed by atoms with Crippen LogP contribution in [0.25, 0.3) is 0 Å². The molecule has 0 saturated heterocycles. The molecule has 0 aromatic heterocycles. The van der Waals surface area contributed by atoms with Crippen molar-refractivity contribution in [3.8, 4) is 0 Å². The van der Waals surface area contributed by atoms with Crippen LogP contribution in [0.15, 0.2) is 35.9 Å². The lowest BCUT2D eigenvalue weighted by atomic mass is 9.34. The van der Waals surface area contributed by atoms with E-state index in [1.165, 1.54) is 11.1 Å². The lowest BCUT2D eigenvalue weighted by Gasteiger charge is -2.71. The molecule has 31 heavy (non-hydrogen) atoms. The Balaban J connectivity index is 1.71. The van der Waals surface area contributed by atoms with Gasteiger partial charge in [0.25, 0.3) is 0 Å².